The van der Waals surface area contributed by atoms with Gasteiger partial charge in [0.1, 0.15) is 5.76 Å². The molecule has 0 aliphatic rings. The number of hydrogen-bond acceptors (Lipinski definition) is 5. The molecule has 0 saturated heterocycles. The predicted octanol–water partition coefficient (Wildman–Crippen LogP) is 1.09. The van der Waals surface area contributed by atoms with Crippen molar-refractivity contribution >= 4 is 5.69 Å². The van der Waals surface area contributed by atoms with Crippen molar-refractivity contribution in [3.05, 3.63) is 47.0 Å². The highest BCUT2D eigenvalue weighted by atomic mass is 16.5. The highest BCUT2D eigenvalue weighted by Crippen LogP contribution is 2.06. The molecular weight excluding hydrogens is 234 g/mol. The van der Waals surface area contributed by atoms with E-state index in [-0.39, 0.29) is 5.56 Å². The van der Waals surface area contributed by atoms with Crippen LogP contribution in [0.25, 0.3) is 0 Å². The molecule has 0 bridgehead atoms. The Morgan fingerprint density at radius 1 is 1.50 bits per heavy atom. The van der Waals surface area contributed by atoms with Crippen molar-refractivity contribution in [2.75, 3.05) is 19.0 Å². The molecule has 0 unspecified atom stereocenters. The van der Waals surface area contributed by atoms with Crippen LogP contribution in [0.15, 0.2) is 40.1 Å². The molecule has 2 heterocycles. The minimum absolute atomic E-state index is 0.0442. The second-order valence-corrected chi connectivity index (χ2v) is 3.76. The fourth-order valence-electron chi connectivity index (χ4n) is 1.52. The van der Waals surface area contributed by atoms with E-state index >= 15 is 0 Å². The largest absolute Gasteiger partial charge is 0.447 e. The zero-order valence-corrected chi connectivity index (χ0v) is 10.1. The van der Waals surface area contributed by atoms with E-state index in [0.29, 0.717) is 19.7 Å². The third kappa shape index (κ3) is 3.21. The molecule has 2 rings (SSSR count). The first kappa shape index (κ1) is 12.4. The maximum atomic E-state index is 11.6. The second-order valence-electron chi connectivity index (χ2n) is 3.76. The molecule has 0 radical (unpaired) electrons. The van der Waals surface area contributed by atoms with Gasteiger partial charge in [-0.15, -0.1) is 0 Å². The lowest BCUT2D eigenvalue weighted by molar-refractivity contribution is 0.186. The maximum Gasteiger partial charge on any atom is 0.250 e. The normalized spacial score (nSPS) is 10.5. The highest BCUT2D eigenvalue weighted by molar-refractivity contribution is 5.40. The molecule has 0 spiro atoms. The van der Waals surface area contributed by atoms with Crippen molar-refractivity contribution in [3.8, 4) is 0 Å². The number of anilines is 1. The fraction of sp³-hybridized carbons (Fsp3) is 0.333. The van der Waals surface area contributed by atoms with Crippen molar-refractivity contribution in [1.29, 1.82) is 0 Å². The summed E-state index contributed by atoms with van der Waals surface area (Å²) in [6, 6.07) is 3.26. The van der Waals surface area contributed by atoms with Gasteiger partial charge >= 0.3 is 0 Å². The van der Waals surface area contributed by atoms with E-state index in [1.165, 1.54) is 12.5 Å². The minimum atomic E-state index is -0.0442. The van der Waals surface area contributed by atoms with Crippen molar-refractivity contribution < 1.29 is 9.15 Å². The molecule has 0 saturated carbocycles. The van der Waals surface area contributed by atoms with Crippen molar-refractivity contribution in [2.45, 2.75) is 13.1 Å². The van der Waals surface area contributed by atoms with Gasteiger partial charge in [0.2, 0.25) is 0 Å². The average Bonchev–Trinajstić information content (AvgIpc) is 2.89. The predicted molar refractivity (Wildman–Crippen MR) is 66.4 cm³/mol. The van der Waals surface area contributed by atoms with Gasteiger partial charge in [-0.05, 0) is 6.07 Å². The van der Waals surface area contributed by atoms with Crippen LogP contribution in [0.2, 0.25) is 0 Å². The third-order valence-electron chi connectivity index (χ3n) is 2.47. The Morgan fingerprint density at radius 2 is 2.39 bits per heavy atom. The van der Waals surface area contributed by atoms with Gasteiger partial charge in [-0.25, -0.2) is 4.98 Å². The Balaban J connectivity index is 2.02. The number of oxazole rings is 1. The Kier molecular flexibility index (Phi) is 4.14. The zero-order chi connectivity index (χ0) is 12.8. The standard InChI is InChI=1S/C12H15N3O3/c1-17-5-4-15-8-10(2-3-12(15)16)14-7-11-6-13-9-18-11/h2-3,6,8-9,14H,4-5,7H2,1H3. The zero-order valence-electron chi connectivity index (χ0n) is 10.1. The van der Waals surface area contributed by atoms with E-state index in [1.807, 2.05) is 0 Å². The molecule has 6 heteroatoms. The fourth-order valence-corrected chi connectivity index (χ4v) is 1.52. The molecule has 96 valence electrons. The molecule has 18 heavy (non-hydrogen) atoms. The quantitative estimate of drug-likeness (QED) is 0.830. The molecule has 2 aromatic heterocycles. The summed E-state index contributed by atoms with van der Waals surface area (Å²) in [7, 11) is 1.61. The van der Waals surface area contributed by atoms with Crippen molar-refractivity contribution in [1.82, 2.24) is 9.55 Å². The molecule has 0 amide bonds. The maximum absolute atomic E-state index is 11.6. The number of methoxy groups -OCH3 is 1. The Hall–Kier alpha value is -2.08. The third-order valence-corrected chi connectivity index (χ3v) is 2.47. The van der Waals surface area contributed by atoms with Gasteiger partial charge in [0.25, 0.3) is 5.56 Å². The van der Waals surface area contributed by atoms with Gasteiger partial charge in [0.05, 0.1) is 25.0 Å². The van der Waals surface area contributed by atoms with Crippen LogP contribution < -0.4 is 10.9 Å². The van der Waals surface area contributed by atoms with E-state index in [1.54, 1.807) is 30.1 Å². The smallest absolute Gasteiger partial charge is 0.250 e. The summed E-state index contributed by atoms with van der Waals surface area (Å²) in [6.45, 7) is 1.57. The number of pyridine rings is 1. The number of nitrogens with one attached hydrogen (secondary N) is 1. The Labute approximate surface area is 104 Å². The average molecular weight is 249 g/mol. The molecule has 0 aliphatic carbocycles. The molecule has 0 aromatic carbocycles. The van der Waals surface area contributed by atoms with Gasteiger partial charge in [0, 0.05) is 25.9 Å². The van der Waals surface area contributed by atoms with E-state index in [2.05, 4.69) is 10.3 Å². The lowest BCUT2D eigenvalue weighted by Gasteiger charge is -2.08. The first-order valence-electron chi connectivity index (χ1n) is 5.60. The van der Waals surface area contributed by atoms with Crippen LogP contribution in [-0.4, -0.2) is 23.3 Å². The lowest BCUT2D eigenvalue weighted by atomic mass is 10.4. The first-order chi connectivity index (χ1) is 8.79. The van der Waals surface area contributed by atoms with Crippen LogP contribution in [0.1, 0.15) is 5.76 Å². The number of rotatable bonds is 6. The second kappa shape index (κ2) is 6.02. The number of nitrogens with zero attached hydrogens (tertiary/aromatic N) is 2. The molecule has 1 N–H and O–H groups in total. The summed E-state index contributed by atoms with van der Waals surface area (Å²) in [4.78, 5) is 15.4. The minimum Gasteiger partial charge on any atom is -0.447 e. The van der Waals surface area contributed by atoms with E-state index < -0.39 is 0 Å². The van der Waals surface area contributed by atoms with Crippen LogP contribution in [0.4, 0.5) is 5.69 Å². The summed E-state index contributed by atoms with van der Waals surface area (Å²) < 4.78 is 11.7. The van der Waals surface area contributed by atoms with Crippen LogP contribution in [0, 0.1) is 0 Å². The van der Waals surface area contributed by atoms with Crippen LogP contribution >= 0.6 is 0 Å². The summed E-state index contributed by atoms with van der Waals surface area (Å²) in [6.07, 6.45) is 4.79. The van der Waals surface area contributed by atoms with Gasteiger partial charge in [-0.2, -0.15) is 0 Å². The number of aromatic nitrogens is 2. The molecule has 0 atom stereocenters. The van der Waals surface area contributed by atoms with Gasteiger partial charge in [0.15, 0.2) is 6.39 Å². The first-order valence-corrected chi connectivity index (χ1v) is 5.60. The molecule has 2 aromatic rings. The number of ether oxygens (including phenoxy) is 1. The Bertz CT molecular complexity index is 534. The molecular formula is C12H15N3O3. The summed E-state index contributed by atoms with van der Waals surface area (Å²) in [5.74, 6) is 0.740. The van der Waals surface area contributed by atoms with Gasteiger partial charge in [-0.1, -0.05) is 0 Å². The summed E-state index contributed by atoms with van der Waals surface area (Å²) in [5.41, 5.74) is 0.805. The highest BCUT2D eigenvalue weighted by Gasteiger charge is 2.00. The molecule has 6 nitrogen and oxygen atoms in total. The monoisotopic (exact) mass is 249 g/mol. The van der Waals surface area contributed by atoms with E-state index in [0.717, 1.165) is 11.4 Å². The topological polar surface area (TPSA) is 69.3 Å². The van der Waals surface area contributed by atoms with E-state index in [4.69, 9.17) is 9.15 Å². The van der Waals surface area contributed by atoms with Crippen molar-refractivity contribution in [3.63, 3.8) is 0 Å². The SMILES string of the molecule is COCCn1cc(NCc2cnco2)ccc1=O. The number of hydrogen-bond donors (Lipinski definition) is 1. The van der Waals surface area contributed by atoms with Gasteiger partial charge < -0.3 is 19.0 Å². The lowest BCUT2D eigenvalue weighted by Crippen LogP contribution is -2.21. The molecule has 0 aliphatic heterocycles. The van der Waals surface area contributed by atoms with Crippen LogP contribution in [-0.2, 0) is 17.8 Å². The Morgan fingerprint density at radius 3 is 3.11 bits per heavy atom. The van der Waals surface area contributed by atoms with Crippen LogP contribution in [0.5, 0.6) is 0 Å². The summed E-state index contributed by atoms with van der Waals surface area (Å²) >= 11 is 0. The molecule has 0 fully saturated rings. The van der Waals surface area contributed by atoms with Crippen LogP contribution in [0.3, 0.4) is 0 Å². The summed E-state index contributed by atoms with van der Waals surface area (Å²) in [5, 5.41) is 3.16. The van der Waals surface area contributed by atoms with E-state index in [9.17, 15) is 4.79 Å². The van der Waals surface area contributed by atoms with Gasteiger partial charge in [-0.3, -0.25) is 4.79 Å². The van der Waals surface area contributed by atoms with Crippen molar-refractivity contribution in [2.24, 2.45) is 0 Å².